The van der Waals surface area contributed by atoms with Crippen LogP contribution >= 0.6 is 22.9 Å². The number of Topliss-reactive ketones (excluding diaryl/α,β-unsaturated/α-hetero) is 1. The first kappa shape index (κ1) is 21.7. The number of ether oxygens (including phenoxy) is 2. The summed E-state index contributed by atoms with van der Waals surface area (Å²) in [5.41, 5.74) is 3.55. The van der Waals surface area contributed by atoms with E-state index in [1.807, 2.05) is 40.7 Å². The molecule has 5 nitrogen and oxygen atoms in total. The molecule has 0 saturated heterocycles. The Kier molecular flexibility index (Phi) is 5.97. The quantitative estimate of drug-likeness (QED) is 0.624. The van der Waals surface area contributed by atoms with Crippen molar-refractivity contribution in [3.05, 3.63) is 38.7 Å². The Balaban J connectivity index is 1.77. The number of alkyl carbamates (subject to hydrolysis) is 1. The zero-order valence-corrected chi connectivity index (χ0v) is 19.1. The normalized spacial score (nSPS) is 15.6. The molecule has 0 aliphatic carbocycles. The number of halogens is 1. The van der Waals surface area contributed by atoms with E-state index in [4.69, 9.17) is 21.1 Å². The van der Waals surface area contributed by atoms with Crippen molar-refractivity contribution < 1.29 is 19.1 Å². The molecule has 1 aliphatic heterocycles. The smallest absolute Gasteiger partial charge is 0.407 e. The van der Waals surface area contributed by atoms with Gasteiger partial charge in [-0.15, -0.1) is 11.3 Å². The second-order valence-electron chi connectivity index (χ2n) is 8.34. The van der Waals surface area contributed by atoms with Gasteiger partial charge in [0.1, 0.15) is 17.5 Å². The van der Waals surface area contributed by atoms with Crippen LogP contribution in [0.15, 0.2) is 12.1 Å². The van der Waals surface area contributed by atoms with Gasteiger partial charge in [0.25, 0.3) is 0 Å². The Morgan fingerprint density at radius 3 is 2.55 bits per heavy atom. The van der Waals surface area contributed by atoms with Gasteiger partial charge in [0.15, 0.2) is 5.78 Å². The largest absolute Gasteiger partial charge is 0.486 e. The zero-order chi connectivity index (χ0) is 21.5. The van der Waals surface area contributed by atoms with E-state index < -0.39 is 11.7 Å². The molecule has 0 fully saturated rings. The highest BCUT2D eigenvalue weighted by Gasteiger charge is 2.28. The number of hydrogen-bond acceptors (Lipinski definition) is 5. The van der Waals surface area contributed by atoms with E-state index in [0.717, 1.165) is 32.0 Å². The van der Waals surface area contributed by atoms with Crippen molar-refractivity contribution in [2.45, 2.75) is 59.7 Å². The highest BCUT2D eigenvalue weighted by Crippen LogP contribution is 2.43. The summed E-state index contributed by atoms with van der Waals surface area (Å²) in [5, 5.41) is 3.28. The maximum atomic E-state index is 11.9. The van der Waals surface area contributed by atoms with Crippen LogP contribution in [0.5, 0.6) is 5.75 Å². The van der Waals surface area contributed by atoms with Gasteiger partial charge in [0.05, 0.1) is 16.4 Å². The predicted molar refractivity (Wildman–Crippen MR) is 117 cm³/mol. The van der Waals surface area contributed by atoms with Crippen molar-refractivity contribution in [3.8, 4) is 16.2 Å². The molecule has 1 aliphatic rings. The molecule has 0 bridgehead atoms. The number of fused-ring (bicyclic) bond motifs is 1. The topological polar surface area (TPSA) is 64.6 Å². The molecular weight excluding hydrogens is 410 g/mol. The molecule has 1 atom stereocenters. The molecular formula is C22H26ClNO4S. The second kappa shape index (κ2) is 8.00. The van der Waals surface area contributed by atoms with Crippen molar-refractivity contribution in [3.63, 3.8) is 0 Å². The molecule has 7 heteroatoms. The first-order valence-corrected chi connectivity index (χ1v) is 10.7. The maximum Gasteiger partial charge on any atom is 0.407 e. The lowest BCUT2D eigenvalue weighted by atomic mass is 10.0. The molecule has 2 aromatic rings. The van der Waals surface area contributed by atoms with Crippen molar-refractivity contribution in [1.82, 2.24) is 5.32 Å². The van der Waals surface area contributed by atoms with Crippen molar-refractivity contribution in [2.24, 2.45) is 0 Å². The van der Waals surface area contributed by atoms with Crippen molar-refractivity contribution in [1.29, 1.82) is 0 Å². The summed E-state index contributed by atoms with van der Waals surface area (Å²) in [4.78, 5) is 25.6. The molecule has 2 heterocycles. The molecule has 0 spiro atoms. The molecule has 1 N–H and O–H groups in total. The molecule has 3 rings (SSSR count). The first-order chi connectivity index (χ1) is 13.5. The van der Waals surface area contributed by atoms with Crippen LogP contribution in [0, 0.1) is 13.8 Å². The number of benzene rings is 1. The van der Waals surface area contributed by atoms with E-state index in [9.17, 15) is 9.59 Å². The summed E-state index contributed by atoms with van der Waals surface area (Å²) in [6.07, 6.45) is -0.0312. The van der Waals surface area contributed by atoms with Crippen LogP contribution in [0.4, 0.5) is 4.79 Å². The van der Waals surface area contributed by atoms with Crippen molar-refractivity contribution in [2.75, 3.05) is 6.54 Å². The number of amides is 1. The Bertz CT molecular complexity index is 974. The van der Waals surface area contributed by atoms with Crippen LogP contribution in [0.25, 0.3) is 10.4 Å². The van der Waals surface area contributed by atoms with E-state index in [1.54, 1.807) is 6.92 Å². The third kappa shape index (κ3) is 4.75. The van der Waals surface area contributed by atoms with Gasteiger partial charge in [-0.3, -0.25) is 4.79 Å². The molecule has 1 aromatic heterocycles. The molecule has 1 amide bonds. The lowest BCUT2D eigenvalue weighted by Gasteiger charge is -2.20. The summed E-state index contributed by atoms with van der Waals surface area (Å²) >= 11 is 8.00. The van der Waals surface area contributed by atoms with Gasteiger partial charge in [0, 0.05) is 16.9 Å². The van der Waals surface area contributed by atoms with Crippen molar-refractivity contribution >= 4 is 34.8 Å². The molecule has 1 unspecified atom stereocenters. The molecule has 1 aromatic carbocycles. The number of hydrogen-bond donors (Lipinski definition) is 1. The predicted octanol–water partition coefficient (Wildman–Crippen LogP) is 5.72. The zero-order valence-electron chi connectivity index (χ0n) is 17.6. The average Bonchev–Trinajstić information content (AvgIpc) is 3.14. The Hall–Kier alpha value is -2.05. The first-order valence-electron chi connectivity index (χ1n) is 9.53. The lowest BCUT2D eigenvalue weighted by Crippen LogP contribution is -2.38. The van der Waals surface area contributed by atoms with Gasteiger partial charge in [-0.25, -0.2) is 4.79 Å². The van der Waals surface area contributed by atoms with Crippen LogP contribution < -0.4 is 10.1 Å². The molecule has 0 radical (unpaired) electrons. The number of carbonyl (C=O) groups is 2. The van der Waals surface area contributed by atoms with Gasteiger partial charge in [-0.05, 0) is 70.4 Å². The van der Waals surface area contributed by atoms with Crippen LogP contribution in [0.3, 0.4) is 0 Å². The minimum absolute atomic E-state index is 0.0747. The minimum atomic E-state index is -0.544. The van der Waals surface area contributed by atoms with Crippen LogP contribution in [0.1, 0.15) is 54.1 Å². The highest BCUT2D eigenvalue weighted by atomic mass is 35.5. The van der Waals surface area contributed by atoms with E-state index in [2.05, 4.69) is 11.4 Å². The lowest BCUT2D eigenvalue weighted by molar-refractivity contribution is 0.0506. The molecule has 29 heavy (non-hydrogen) atoms. The standard InChI is InChI=1S/C22H26ClNO4S/c1-11-12(2)20(29-19(11)13(3)25)15-7-14-8-16(27-18(14)17(23)9-15)10-24-21(26)28-22(4,5)6/h7,9,16H,8,10H2,1-6H3,(H,24,26). The van der Waals surface area contributed by atoms with Crippen LogP contribution in [0.2, 0.25) is 5.02 Å². The van der Waals surface area contributed by atoms with Crippen LogP contribution in [-0.2, 0) is 11.2 Å². The SMILES string of the molecule is CC(=O)c1sc(-c2cc(Cl)c3c(c2)CC(CNC(=O)OC(C)(C)C)O3)c(C)c1C. The second-order valence-corrected chi connectivity index (χ2v) is 9.77. The van der Waals surface area contributed by atoms with E-state index in [1.165, 1.54) is 11.3 Å². The average molecular weight is 436 g/mol. The van der Waals surface area contributed by atoms with E-state index in [-0.39, 0.29) is 11.9 Å². The fourth-order valence-corrected chi connectivity index (χ4v) is 4.83. The number of ketones is 1. The van der Waals surface area contributed by atoms with Gasteiger partial charge < -0.3 is 14.8 Å². The summed E-state index contributed by atoms with van der Waals surface area (Å²) in [6.45, 7) is 11.4. The number of carbonyl (C=O) groups excluding carboxylic acids is 2. The van der Waals surface area contributed by atoms with Gasteiger partial charge in [-0.2, -0.15) is 0 Å². The Morgan fingerprint density at radius 1 is 1.28 bits per heavy atom. The third-order valence-corrected chi connectivity index (χ3v) is 6.58. The summed E-state index contributed by atoms with van der Waals surface area (Å²) in [6, 6.07) is 3.95. The Morgan fingerprint density at radius 2 is 1.97 bits per heavy atom. The summed E-state index contributed by atoms with van der Waals surface area (Å²) in [5.74, 6) is 0.731. The minimum Gasteiger partial charge on any atom is -0.486 e. The highest BCUT2D eigenvalue weighted by molar-refractivity contribution is 7.17. The number of rotatable bonds is 4. The number of nitrogens with one attached hydrogen (secondary N) is 1. The molecule has 156 valence electrons. The summed E-state index contributed by atoms with van der Waals surface area (Å²) in [7, 11) is 0. The van der Waals surface area contributed by atoms with Gasteiger partial charge >= 0.3 is 6.09 Å². The molecule has 0 saturated carbocycles. The van der Waals surface area contributed by atoms with Crippen LogP contribution in [-0.4, -0.2) is 30.1 Å². The number of thiophene rings is 1. The maximum absolute atomic E-state index is 11.9. The Labute approximate surface area is 180 Å². The van der Waals surface area contributed by atoms with Gasteiger partial charge in [0.2, 0.25) is 0 Å². The monoisotopic (exact) mass is 435 g/mol. The van der Waals surface area contributed by atoms with E-state index in [0.29, 0.717) is 23.7 Å². The van der Waals surface area contributed by atoms with E-state index >= 15 is 0 Å². The fourth-order valence-electron chi connectivity index (χ4n) is 3.35. The fraction of sp³-hybridized carbons (Fsp3) is 0.455. The van der Waals surface area contributed by atoms with Gasteiger partial charge in [-0.1, -0.05) is 11.6 Å². The third-order valence-electron chi connectivity index (χ3n) is 4.76. The summed E-state index contributed by atoms with van der Waals surface area (Å²) < 4.78 is 11.2.